The van der Waals surface area contributed by atoms with Crippen LogP contribution in [0.2, 0.25) is 0 Å². The van der Waals surface area contributed by atoms with Crippen LogP contribution in [0.1, 0.15) is 16.1 Å². The van der Waals surface area contributed by atoms with Crippen LogP contribution in [0, 0.1) is 6.92 Å². The minimum absolute atomic E-state index is 0.0331. The molecule has 3 heterocycles. The second-order valence-corrected chi connectivity index (χ2v) is 5.43. The van der Waals surface area contributed by atoms with Crippen molar-refractivity contribution in [3.63, 3.8) is 0 Å². The van der Waals surface area contributed by atoms with Crippen LogP contribution >= 0.6 is 0 Å². The summed E-state index contributed by atoms with van der Waals surface area (Å²) in [6.45, 7) is 1.92. The van der Waals surface area contributed by atoms with E-state index in [1.165, 1.54) is 0 Å². The summed E-state index contributed by atoms with van der Waals surface area (Å²) in [5, 5.41) is 2.66. The molecule has 0 unspecified atom stereocenters. The second-order valence-electron chi connectivity index (χ2n) is 5.43. The minimum atomic E-state index is -0.455. The molecule has 0 bridgehead atoms. The highest BCUT2D eigenvalue weighted by molar-refractivity contribution is 6.10. The topological polar surface area (TPSA) is 97.3 Å². The fourth-order valence-corrected chi connectivity index (χ4v) is 2.12. The largest absolute Gasteiger partial charge is 0.447 e. The Labute approximate surface area is 133 Å². The van der Waals surface area contributed by atoms with Gasteiger partial charge in [0.15, 0.2) is 5.58 Å². The van der Waals surface area contributed by atoms with Gasteiger partial charge in [-0.05, 0) is 30.7 Å². The number of nitrogens with one attached hydrogen (secondary N) is 1. The van der Waals surface area contributed by atoms with Crippen LogP contribution in [0.15, 0.2) is 34.9 Å². The number of hydrogen-bond acceptors (Lipinski definition) is 6. The molecule has 0 atom stereocenters. The fraction of sp³-hybridized carbons (Fsp3) is 0.188. The van der Waals surface area contributed by atoms with E-state index in [9.17, 15) is 4.79 Å². The first-order chi connectivity index (χ1) is 11.0. The third-order valence-corrected chi connectivity index (χ3v) is 3.37. The van der Waals surface area contributed by atoms with Crippen molar-refractivity contribution in [1.82, 2.24) is 9.97 Å². The minimum Gasteiger partial charge on any atom is -0.447 e. The third kappa shape index (κ3) is 2.80. The van der Waals surface area contributed by atoms with E-state index in [0.717, 1.165) is 11.4 Å². The third-order valence-electron chi connectivity index (χ3n) is 3.37. The van der Waals surface area contributed by atoms with E-state index in [4.69, 9.17) is 10.2 Å². The Kier molecular flexibility index (Phi) is 3.61. The number of carbonyl (C=O) groups is 1. The number of nitrogen functional groups attached to an aromatic ring is 1. The maximum absolute atomic E-state index is 12.3. The Hall–Kier alpha value is -3.09. The lowest BCUT2D eigenvalue weighted by Crippen LogP contribution is -2.13. The molecule has 3 aromatic heterocycles. The highest BCUT2D eigenvalue weighted by Crippen LogP contribution is 2.29. The number of rotatable bonds is 3. The molecule has 0 aliphatic carbocycles. The van der Waals surface area contributed by atoms with Crippen molar-refractivity contribution < 1.29 is 9.21 Å². The number of furan rings is 1. The number of nitrogens with two attached hydrogens (primary N) is 1. The molecule has 0 fully saturated rings. The van der Waals surface area contributed by atoms with Gasteiger partial charge in [-0.1, -0.05) is 6.07 Å². The molecule has 0 saturated heterocycles. The summed E-state index contributed by atoms with van der Waals surface area (Å²) in [7, 11) is 3.75. The van der Waals surface area contributed by atoms with E-state index in [-0.39, 0.29) is 11.4 Å². The second kappa shape index (κ2) is 5.60. The normalized spacial score (nSPS) is 10.7. The van der Waals surface area contributed by atoms with Crippen LogP contribution in [0.5, 0.6) is 0 Å². The van der Waals surface area contributed by atoms with E-state index in [2.05, 4.69) is 15.3 Å². The summed E-state index contributed by atoms with van der Waals surface area (Å²) >= 11 is 0. The molecule has 0 aliphatic heterocycles. The van der Waals surface area contributed by atoms with Gasteiger partial charge in [0.05, 0.1) is 0 Å². The van der Waals surface area contributed by atoms with Crippen LogP contribution in [0.25, 0.3) is 11.1 Å². The number of amides is 1. The average Bonchev–Trinajstić information content (AvgIpc) is 2.86. The molecule has 3 aromatic rings. The molecule has 3 rings (SSSR count). The lowest BCUT2D eigenvalue weighted by atomic mass is 10.3. The van der Waals surface area contributed by atoms with Gasteiger partial charge in [-0.3, -0.25) is 4.79 Å². The van der Waals surface area contributed by atoms with Crippen molar-refractivity contribution in [2.24, 2.45) is 0 Å². The van der Waals surface area contributed by atoms with Crippen LogP contribution in [-0.2, 0) is 0 Å². The number of nitrogens with zero attached hydrogens (tertiary/aromatic N) is 3. The fourth-order valence-electron chi connectivity index (χ4n) is 2.12. The van der Waals surface area contributed by atoms with E-state index < -0.39 is 5.91 Å². The molecule has 7 heteroatoms. The number of pyridine rings is 2. The van der Waals surface area contributed by atoms with Crippen molar-refractivity contribution >= 4 is 34.3 Å². The molecule has 3 N–H and O–H groups in total. The molecule has 118 valence electrons. The highest BCUT2D eigenvalue weighted by atomic mass is 16.3. The Morgan fingerprint density at radius 3 is 2.70 bits per heavy atom. The van der Waals surface area contributed by atoms with Gasteiger partial charge in [0, 0.05) is 20.3 Å². The van der Waals surface area contributed by atoms with E-state index in [1.807, 2.05) is 32.0 Å². The zero-order valence-corrected chi connectivity index (χ0v) is 13.1. The molecular formula is C16H17N5O2. The molecule has 23 heavy (non-hydrogen) atoms. The van der Waals surface area contributed by atoms with Gasteiger partial charge < -0.3 is 20.4 Å². The molecule has 0 saturated carbocycles. The number of hydrogen-bond donors (Lipinski definition) is 2. The van der Waals surface area contributed by atoms with Crippen LogP contribution in [0.4, 0.5) is 17.3 Å². The Morgan fingerprint density at radius 1 is 1.26 bits per heavy atom. The van der Waals surface area contributed by atoms with Crippen molar-refractivity contribution in [3.05, 3.63) is 41.8 Å². The van der Waals surface area contributed by atoms with Gasteiger partial charge >= 0.3 is 0 Å². The number of carbonyl (C=O) groups excluding carboxylic acids is 1. The van der Waals surface area contributed by atoms with Gasteiger partial charge in [0.25, 0.3) is 5.91 Å². The van der Waals surface area contributed by atoms with Crippen molar-refractivity contribution in [1.29, 1.82) is 0 Å². The Morgan fingerprint density at radius 2 is 2.04 bits per heavy atom. The first-order valence-electron chi connectivity index (χ1n) is 7.06. The van der Waals surface area contributed by atoms with Gasteiger partial charge in [-0.15, -0.1) is 0 Å². The summed E-state index contributed by atoms with van der Waals surface area (Å²) in [4.78, 5) is 22.7. The quantitative estimate of drug-likeness (QED) is 0.771. The Balaban J connectivity index is 1.94. The molecule has 0 spiro atoms. The Bertz CT molecular complexity index is 868. The van der Waals surface area contributed by atoms with Crippen molar-refractivity contribution in [3.8, 4) is 0 Å². The SMILES string of the molecule is Cc1ccc(NC(=O)c2oc3ccc(N(C)C)nc3c2N)nc1. The molecular weight excluding hydrogens is 294 g/mol. The smallest absolute Gasteiger partial charge is 0.294 e. The summed E-state index contributed by atoms with van der Waals surface area (Å²) < 4.78 is 5.55. The summed E-state index contributed by atoms with van der Waals surface area (Å²) in [5.41, 5.74) is 8.19. The lowest BCUT2D eigenvalue weighted by molar-refractivity contribution is 0.0999. The highest BCUT2D eigenvalue weighted by Gasteiger charge is 2.20. The molecule has 0 radical (unpaired) electrons. The summed E-state index contributed by atoms with van der Waals surface area (Å²) in [5.74, 6) is 0.744. The predicted octanol–water partition coefficient (Wildman–Crippen LogP) is 2.43. The molecule has 0 aromatic carbocycles. The summed E-state index contributed by atoms with van der Waals surface area (Å²) in [6, 6.07) is 7.12. The van der Waals surface area contributed by atoms with Gasteiger partial charge in [0.1, 0.15) is 22.8 Å². The van der Waals surface area contributed by atoms with Gasteiger partial charge in [0.2, 0.25) is 5.76 Å². The maximum Gasteiger partial charge on any atom is 0.294 e. The average molecular weight is 311 g/mol. The standard InChI is InChI=1S/C16H17N5O2/c1-9-4-6-11(18-8-9)19-16(22)15-13(17)14-10(23-15)5-7-12(20-14)21(2)3/h4-8H,17H2,1-3H3,(H,18,19,22). The van der Waals surface area contributed by atoms with Crippen molar-refractivity contribution in [2.45, 2.75) is 6.92 Å². The zero-order valence-electron chi connectivity index (χ0n) is 13.1. The predicted molar refractivity (Wildman–Crippen MR) is 89.7 cm³/mol. The molecule has 7 nitrogen and oxygen atoms in total. The lowest BCUT2D eigenvalue weighted by Gasteiger charge is -2.09. The van der Waals surface area contributed by atoms with Crippen LogP contribution < -0.4 is 16.0 Å². The van der Waals surface area contributed by atoms with Gasteiger partial charge in [-0.2, -0.15) is 0 Å². The maximum atomic E-state index is 12.3. The first-order valence-corrected chi connectivity index (χ1v) is 7.06. The van der Waals surface area contributed by atoms with E-state index in [1.54, 1.807) is 24.4 Å². The molecule has 1 amide bonds. The molecule has 0 aliphatic rings. The number of fused-ring (bicyclic) bond motifs is 1. The zero-order chi connectivity index (χ0) is 16.6. The monoisotopic (exact) mass is 311 g/mol. The van der Waals surface area contributed by atoms with E-state index >= 15 is 0 Å². The number of aromatic nitrogens is 2. The van der Waals surface area contributed by atoms with Crippen LogP contribution in [0.3, 0.4) is 0 Å². The van der Waals surface area contributed by atoms with Crippen LogP contribution in [-0.4, -0.2) is 30.0 Å². The van der Waals surface area contributed by atoms with Gasteiger partial charge in [-0.25, -0.2) is 9.97 Å². The number of anilines is 3. The number of aryl methyl sites for hydroxylation is 1. The first kappa shape index (κ1) is 14.8. The summed E-state index contributed by atoms with van der Waals surface area (Å²) in [6.07, 6.45) is 1.67. The van der Waals surface area contributed by atoms with Crippen molar-refractivity contribution in [2.75, 3.05) is 30.0 Å². The van der Waals surface area contributed by atoms with E-state index in [0.29, 0.717) is 16.9 Å².